The first-order valence-corrected chi connectivity index (χ1v) is 17.3. The van der Waals surface area contributed by atoms with Crippen LogP contribution in [0.5, 0.6) is 5.75 Å². The zero-order valence-electron chi connectivity index (χ0n) is 27.9. The Balaban J connectivity index is 0.00000374. The summed E-state index contributed by atoms with van der Waals surface area (Å²) in [5.74, 6) is 1.05. The molecule has 0 amide bonds. The van der Waals surface area contributed by atoms with E-state index in [1.807, 2.05) is 36.5 Å². The number of fused-ring (bicyclic) bond motifs is 2. The van der Waals surface area contributed by atoms with Gasteiger partial charge in [0.2, 0.25) is 0 Å². The summed E-state index contributed by atoms with van der Waals surface area (Å²) >= 11 is 0. The molecule has 0 saturated carbocycles. The molecule has 250 valence electrons. The van der Waals surface area contributed by atoms with Gasteiger partial charge < -0.3 is 5.11 Å². The fourth-order valence-electron chi connectivity index (χ4n) is 7.43. The van der Waals surface area contributed by atoms with Crippen LogP contribution in [0.25, 0.3) is 72.7 Å². The molecule has 51 heavy (non-hydrogen) atoms. The molecule has 1 aliphatic carbocycles. The van der Waals surface area contributed by atoms with Gasteiger partial charge in [0.25, 0.3) is 0 Å². The Kier molecular flexibility index (Phi) is 8.94. The van der Waals surface area contributed by atoms with Gasteiger partial charge in [-0.2, -0.15) is 0 Å². The van der Waals surface area contributed by atoms with E-state index in [1.165, 1.54) is 5.56 Å². The molecule has 4 nitrogen and oxygen atoms in total. The minimum Gasteiger partial charge on any atom is -0.507 e. The van der Waals surface area contributed by atoms with Gasteiger partial charge in [0, 0.05) is 38.5 Å². The molecule has 1 N–H and O–H groups in total. The fourth-order valence-corrected chi connectivity index (χ4v) is 7.43. The zero-order valence-corrected chi connectivity index (χ0v) is 30.1. The number of imidazole rings is 1. The second kappa shape index (κ2) is 14.0. The van der Waals surface area contributed by atoms with Crippen LogP contribution in [0.3, 0.4) is 0 Å². The number of phenolic OH excluding ortho intramolecular Hbond substituents is 1. The Hall–Kier alpha value is -5.57. The van der Waals surface area contributed by atoms with Gasteiger partial charge in [0.05, 0.1) is 22.3 Å². The van der Waals surface area contributed by atoms with Crippen LogP contribution in [-0.4, -0.2) is 19.6 Å². The van der Waals surface area contributed by atoms with Crippen molar-refractivity contribution < 1.29 is 26.2 Å². The second-order valence-electron chi connectivity index (χ2n) is 12.9. The molecule has 0 bridgehead atoms. The number of rotatable bonds is 6. The van der Waals surface area contributed by atoms with Crippen molar-refractivity contribution in [1.82, 2.24) is 14.5 Å². The first kappa shape index (κ1) is 32.6. The molecule has 0 unspecified atom stereocenters. The van der Waals surface area contributed by atoms with Crippen LogP contribution in [0.2, 0.25) is 0 Å². The molecule has 0 fully saturated rings. The summed E-state index contributed by atoms with van der Waals surface area (Å²) in [6.45, 7) is 0. The Morgan fingerprint density at radius 1 is 0.588 bits per heavy atom. The molecule has 8 aromatic rings. The van der Waals surface area contributed by atoms with E-state index in [1.54, 1.807) is 0 Å². The van der Waals surface area contributed by atoms with Gasteiger partial charge in [-0.3, -0.25) is 9.55 Å². The summed E-state index contributed by atoms with van der Waals surface area (Å²) in [7, 11) is 0. The van der Waals surface area contributed by atoms with Crippen molar-refractivity contribution in [3.63, 3.8) is 0 Å². The van der Waals surface area contributed by atoms with Gasteiger partial charge in [0.15, 0.2) is 0 Å². The normalized spacial score (nSPS) is 12.3. The number of para-hydroxylation sites is 2. The van der Waals surface area contributed by atoms with Crippen molar-refractivity contribution in [1.29, 1.82) is 0 Å². The predicted octanol–water partition coefficient (Wildman–Crippen LogP) is 11.1. The van der Waals surface area contributed by atoms with Crippen LogP contribution >= 0.6 is 0 Å². The number of hydrogen-bond acceptors (Lipinski definition) is 3. The summed E-state index contributed by atoms with van der Waals surface area (Å²) in [5, 5.41) is 11.9. The monoisotopic (exact) mass is 839 g/mol. The average molecular weight is 840 g/mol. The Labute approximate surface area is 312 Å². The molecule has 6 aromatic carbocycles. The van der Waals surface area contributed by atoms with Crippen LogP contribution in [-0.2, 0) is 33.9 Å². The number of phenols is 1. The maximum Gasteiger partial charge on any atom is 0.148 e. The van der Waals surface area contributed by atoms with Crippen molar-refractivity contribution in [2.75, 3.05) is 0 Å². The first-order valence-electron chi connectivity index (χ1n) is 17.3. The van der Waals surface area contributed by atoms with E-state index >= 15 is 0 Å². The van der Waals surface area contributed by atoms with Crippen molar-refractivity contribution in [2.45, 2.75) is 25.7 Å². The molecule has 0 saturated heterocycles. The summed E-state index contributed by atoms with van der Waals surface area (Å²) < 4.78 is 2.23. The van der Waals surface area contributed by atoms with Crippen LogP contribution in [0.1, 0.15) is 24.0 Å². The van der Waals surface area contributed by atoms with Gasteiger partial charge in [-0.25, -0.2) is 4.98 Å². The number of aromatic nitrogens is 3. The zero-order chi connectivity index (χ0) is 33.4. The van der Waals surface area contributed by atoms with Gasteiger partial charge in [-0.1, -0.05) is 126 Å². The predicted molar refractivity (Wildman–Crippen MR) is 203 cm³/mol. The van der Waals surface area contributed by atoms with E-state index in [0.29, 0.717) is 11.6 Å². The summed E-state index contributed by atoms with van der Waals surface area (Å²) in [6.07, 6.45) is 5.91. The quantitative estimate of drug-likeness (QED) is 0.170. The van der Waals surface area contributed by atoms with E-state index in [0.717, 1.165) is 98.2 Å². The Morgan fingerprint density at radius 3 is 2.10 bits per heavy atom. The molecule has 0 radical (unpaired) electrons. The fraction of sp³-hybridized carbons (Fsp3) is 0.0870. The van der Waals surface area contributed by atoms with E-state index in [4.69, 9.17) is 4.98 Å². The number of nitrogens with zero attached hydrogens (tertiary/aromatic N) is 3. The van der Waals surface area contributed by atoms with Gasteiger partial charge in [-0.15, -0.1) is 23.8 Å². The van der Waals surface area contributed by atoms with E-state index < -0.39 is 0 Å². The molecule has 0 spiro atoms. The Bertz CT molecular complexity index is 2430. The minimum absolute atomic E-state index is 0. The standard InChI is InChI=1S/C46H34N3O.Pt/c50-45-39-20-8-7-18-33(39)25-26-40(45)46-48-44-38(21-13-24-43(44)49(46)42-23-10-9-19-37(42)32-16-5-2-6-17-32)35-28-34(31-14-3-1-4-15-31)29-36(30-35)41-22-11-12-27-47-41;/h1-6,9-17,19,21-29,50H,7-8,18,20H2;/q-1;. The molecular weight excluding hydrogens is 806 g/mol. The average Bonchev–Trinajstić information content (AvgIpc) is 3.58. The van der Waals surface area contributed by atoms with Crippen molar-refractivity contribution in [3.8, 4) is 67.5 Å². The third-order valence-electron chi connectivity index (χ3n) is 9.87. The number of aromatic hydroxyl groups is 1. The van der Waals surface area contributed by atoms with E-state index in [-0.39, 0.29) is 21.1 Å². The van der Waals surface area contributed by atoms with E-state index in [2.05, 4.69) is 131 Å². The molecule has 5 heteroatoms. The van der Waals surface area contributed by atoms with Crippen LogP contribution in [0.15, 0.2) is 152 Å². The third kappa shape index (κ3) is 6.00. The van der Waals surface area contributed by atoms with Crippen molar-refractivity contribution >= 4 is 11.0 Å². The van der Waals surface area contributed by atoms with Crippen molar-refractivity contribution in [3.05, 3.63) is 169 Å². The molecular formula is C46H34N3OPt-. The molecule has 9 rings (SSSR count). The maximum atomic E-state index is 11.9. The third-order valence-corrected chi connectivity index (χ3v) is 9.87. The van der Waals surface area contributed by atoms with E-state index in [9.17, 15) is 5.11 Å². The summed E-state index contributed by atoms with van der Waals surface area (Å²) in [4.78, 5) is 10.1. The summed E-state index contributed by atoms with van der Waals surface area (Å²) in [5.41, 5.74) is 13.9. The SMILES string of the molecule is Oc1c(-c2nc3c(-c4[c-]c(-c5ccccn5)cc(-c5ccccc5)c4)cccc3n2-c2ccccc2-c2ccccc2)ccc2c1CCCC2.[Pt]. The number of hydrogen-bond donors (Lipinski definition) is 1. The molecule has 1 aliphatic rings. The minimum atomic E-state index is 0. The smallest absolute Gasteiger partial charge is 0.148 e. The molecule has 0 atom stereocenters. The summed E-state index contributed by atoms with van der Waals surface area (Å²) in [6, 6.07) is 54.0. The van der Waals surface area contributed by atoms with Crippen molar-refractivity contribution in [2.24, 2.45) is 0 Å². The molecule has 0 aliphatic heterocycles. The van der Waals surface area contributed by atoms with Gasteiger partial charge >= 0.3 is 0 Å². The van der Waals surface area contributed by atoms with Crippen LogP contribution in [0, 0.1) is 6.07 Å². The number of aryl methyl sites for hydroxylation is 1. The Morgan fingerprint density at radius 2 is 1.29 bits per heavy atom. The van der Waals surface area contributed by atoms with Gasteiger partial charge in [-0.05, 0) is 72.2 Å². The number of pyridine rings is 1. The van der Waals surface area contributed by atoms with Crippen LogP contribution < -0.4 is 0 Å². The first-order chi connectivity index (χ1) is 24.7. The molecule has 2 aromatic heterocycles. The largest absolute Gasteiger partial charge is 0.507 e. The topological polar surface area (TPSA) is 50.9 Å². The molecule has 2 heterocycles. The maximum absolute atomic E-state index is 11.9. The van der Waals surface area contributed by atoms with Crippen LogP contribution in [0.4, 0.5) is 0 Å². The second-order valence-corrected chi connectivity index (χ2v) is 12.9. The number of benzene rings is 6. The van der Waals surface area contributed by atoms with Gasteiger partial charge in [0.1, 0.15) is 11.6 Å².